The topological polar surface area (TPSA) is 67.5 Å². The van der Waals surface area contributed by atoms with Crippen LogP contribution in [0.2, 0.25) is 18.1 Å². The van der Waals surface area contributed by atoms with E-state index in [1.165, 1.54) is 0 Å². The van der Waals surface area contributed by atoms with E-state index >= 15 is 4.39 Å². The minimum absolute atomic E-state index is 0.156. The van der Waals surface area contributed by atoms with Crippen LogP contribution in [0, 0.1) is 5.82 Å². The highest BCUT2D eigenvalue weighted by Gasteiger charge is 2.42. The van der Waals surface area contributed by atoms with Crippen LogP contribution in [0.25, 0.3) is 5.65 Å². The second kappa shape index (κ2) is 15.0. The van der Waals surface area contributed by atoms with Crippen molar-refractivity contribution in [3.63, 3.8) is 0 Å². The number of benzene rings is 3. The monoisotopic (exact) mass is 718 g/mol. The lowest BCUT2D eigenvalue weighted by Gasteiger charge is -2.46. The summed E-state index contributed by atoms with van der Waals surface area (Å²) >= 11 is 0. The molecule has 8 nitrogen and oxygen atoms in total. The number of aliphatic imine (C=N–C) groups is 1. The molecule has 52 heavy (non-hydrogen) atoms. The lowest BCUT2D eigenvalue weighted by molar-refractivity contribution is 0.00486. The molecule has 0 N–H and O–H groups in total. The molecule has 2 fully saturated rings. The Labute approximate surface area is 308 Å². The van der Waals surface area contributed by atoms with E-state index in [1.54, 1.807) is 12.1 Å². The summed E-state index contributed by atoms with van der Waals surface area (Å²) in [7, 11) is -1.89. The van der Waals surface area contributed by atoms with Gasteiger partial charge in [-0.25, -0.2) is 18.9 Å². The van der Waals surface area contributed by atoms with Crippen LogP contribution in [0.3, 0.4) is 0 Å². The first-order valence-corrected chi connectivity index (χ1v) is 21.5. The number of aromatic nitrogens is 3. The summed E-state index contributed by atoms with van der Waals surface area (Å²) in [6, 6.07) is 28.1. The van der Waals surface area contributed by atoms with E-state index in [-0.39, 0.29) is 17.0 Å². The van der Waals surface area contributed by atoms with E-state index < -0.39 is 8.32 Å². The van der Waals surface area contributed by atoms with E-state index in [4.69, 9.17) is 24.2 Å². The molecule has 0 bridgehead atoms. The third-order valence-corrected chi connectivity index (χ3v) is 15.4. The van der Waals surface area contributed by atoms with Crippen LogP contribution < -0.4 is 4.90 Å². The van der Waals surface area contributed by atoms with Gasteiger partial charge in [0.2, 0.25) is 0 Å². The molecule has 4 heterocycles. The average molecular weight is 719 g/mol. The summed E-state index contributed by atoms with van der Waals surface area (Å²) in [6.45, 7) is 18.6. The number of fused-ring (bicyclic) bond motifs is 1. The molecule has 0 radical (unpaired) electrons. The molecule has 2 aromatic heterocycles. The molecule has 2 aliphatic heterocycles. The molecule has 0 atom stereocenters. The molecule has 0 amide bonds. The van der Waals surface area contributed by atoms with Crippen LogP contribution in [0.15, 0.2) is 89.9 Å². The van der Waals surface area contributed by atoms with Gasteiger partial charge in [0.1, 0.15) is 11.5 Å². The van der Waals surface area contributed by atoms with Crippen LogP contribution >= 0.6 is 0 Å². The Balaban J connectivity index is 1.36. The van der Waals surface area contributed by atoms with Gasteiger partial charge < -0.3 is 14.1 Å². The molecule has 3 aromatic carbocycles. The van der Waals surface area contributed by atoms with Gasteiger partial charge in [-0.05, 0) is 41.7 Å². The highest BCUT2D eigenvalue weighted by atomic mass is 28.4. The van der Waals surface area contributed by atoms with Gasteiger partial charge in [-0.15, -0.1) is 5.10 Å². The minimum Gasteiger partial charge on any atom is -0.411 e. The quantitative estimate of drug-likeness (QED) is 0.101. The van der Waals surface area contributed by atoms with E-state index in [9.17, 15) is 0 Å². The van der Waals surface area contributed by atoms with Gasteiger partial charge >= 0.3 is 0 Å². The predicted octanol–water partition coefficient (Wildman–Crippen LogP) is 8.23. The standard InChI is InChI=1S/C42H51FN6O2Si/c1-7-34-32(19-14-20-35(34)43)25-38-37(29-47-27-33(28-47)51-52(5,6)42(2,3)4)45-41-36(26-39(46-49(38)41)48-21-23-50-24-22-48)44-40(30-15-10-8-11-16-30)31-17-12-9-13-18-31/h8-20,26,33H,7,21-25,27-29H2,1-6H3. The SMILES string of the molecule is CCc1c(F)cccc1Cc1c(CN2CC(O[Si](C)(C)C(C)(C)C)C2)nc2c(N=C(c3ccccc3)c3ccccc3)cc(N3CCOCC3)nn12. The Morgan fingerprint density at radius 2 is 1.60 bits per heavy atom. The lowest BCUT2D eigenvalue weighted by atomic mass is 9.99. The zero-order chi connectivity index (χ0) is 36.5. The first-order valence-electron chi connectivity index (χ1n) is 18.6. The molecular formula is C42H51FN6O2Si. The molecule has 5 aromatic rings. The first-order chi connectivity index (χ1) is 25.0. The molecule has 0 saturated carbocycles. The van der Waals surface area contributed by atoms with Crippen LogP contribution in [0.1, 0.15) is 61.3 Å². The fourth-order valence-corrected chi connectivity index (χ4v) is 8.24. The normalized spacial score (nSPS) is 15.9. The Morgan fingerprint density at radius 1 is 0.942 bits per heavy atom. The van der Waals surface area contributed by atoms with E-state index in [2.05, 4.69) is 74.0 Å². The van der Waals surface area contributed by atoms with Crippen LogP contribution in [-0.2, 0) is 28.5 Å². The summed E-state index contributed by atoms with van der Waals surface area (Å²) in [5.74, 6) is 0.647. The highest BCUT2D eigenvalue weighted by molar-refractivity contribution is 6.74. The number of imidazole rings is 1. The van der Waals surface area contributed by atoms with Crippen molar-refractivity contribution in [1.29, 1.82) is 0 Å². The molecular weight excluding hydrogens is 668 g/mol. The number of nitrogens with zero attached hydrogens (tertiary/aromatic N) is 6. The number of likely N-dealkylation sites (tertiary alicyclic amines) is 1. The first kappa shape index (κ1) is 36.1. The number of hydrogen-bond acceptors (Lipinski definition) is 7. The maximum atomic E-state index is 15.2. The molecule has 7 rings (SSSR count). The zero-order valence-electron chi connectivity index (χ0n) is 31.4. The van der Waals surface area contributed by atoms with Crippen molar-refractivity contribution in [3.8, 4) is 0 Å². The number of morpholine rings is 1. The third-order valence-electron chi connectivity index (χ3n) is 10.9. The highest BCUT2D eigenvalue weighted by Crippen LogP contribution is 2.39. The van der Waals surface area contributed by atoms with Gasteiger partial charge in [0, 0.05) is 56.3 Å². The summed E-state index contributed by atoms with van der Waals surface area (Å²) < 4.78 is 29.6. The Morgan fingerprint density at radius 3 is 2.21 bits per heavy atom. The molecule has 2 saturated heterocycles. The Bertz CT molecular complexity index is 1990. The zero-order valence-corrected chi connectivity index (χ0v) is 32.4. The van der Waals surface area contributed by atoms with Crippen molar-refractivity contribution in [2.75, 3.05) is 44.3 Å². The van der Waals surface area contributed by atoms with Crippen LogP contribution in [-0.4, -0.2) is 79.0 Å². The lowest BCUT2D eigenvalue weighted by Crippen LogP contribution is -2.57. The van der Waals surface area contributed by atoms with Crippen molar-refractivity contribution in [1.82, 2.24) is 19.5 Å². The van der Waals surface area contributed by atoms with Crippen molar-refractivity contribution < 1.29 is 13.6 Å². The molecule has 272 valence electrons. The van der Waals surface area contributed by atoms with Gasteiger partial charge in [0.25, 0.3) is 0 Å². The van der Waals surface area contributed by atoms with Crippen molar-refractivity contribution in [2.45, 2.75) is 71.3 Å². The maximum Gasteiger partial charge on any atom is 0.192 e. The molecule has 0 unspecified atom stereocenters. The molecule has 0 spiro atoms. The van der Waals surface area contributed by atoms with Gasteiger partial charge in [0.05, 0.1) is 36.4 Å². The number of hydrogen-bond donors (Lipinski definition) is 0. The summed E-state index contributed by atoms with van der Waals surface area (Å²) in [4.78, 5) is 15.4. The van der Waals surface area contributed by atoms with Crippen LogP contribution in [0.4, 0.5) is 15.9 Å². The third kappa shape index (κ3) is 7.62. The second-order valence-electron chi connectivity index (χ2n) is 15.5. The van der Waals surface area contributed by atoms with Crippen molar-refractivity contribution in [2.24, 2.45) is 4.99 Å². The number of rotatable bonds is 11. The molecule has 0 aliphatic carbocycles. The summed E-state index contributed by atoms with van der Waals surface area (Å²) in [6.07, 6.45) is 1.32. The molecule has 2 aliphatic rings. The largest absolute Gasteiger partial charge is 0.411 e. The van der Waals surface area contributed by atoms with Gasteiger partial charge in [-0.3, -0.25) is 4.90 Å². The Hall–Kier alpha value is -4.22. The predicted molar refractivity (Wildman–Crippen MR) is 210 cm³/mol. The minimum atomic E-state index is -1.89. The number of ether oxygens (including phenoxy) is 1. The number of anilines is 1. The van der Waals surface area contributed by atoms with Crippen molar-refractivity contribution in [3.05, 3.63) is 124 Å². The fraction of sp³-hybridized carbons (Fsp3) is 0.405. The molecule has 10 heteroatoms. The van der Waals surface area contributed by atoms with E-state index in [1.807, 2.05) is 53.9 Å². The van der Waals surface area contributed by atoms with Gasteiger partial charge in [0.15, 0.2) is 19.8 Å². The summed E-state index contributed by atoms with van der Waals surface area (Å²) in [5.41, 5.74) is 7.89. The smallest absolute Gasteiger partial charge is 0.192 e. The van der Waals surface area contributed by atoms with Gasteiger partial charge in [-0.1, -0.05) is 100 Å². The van der Waals surface area contributed by atoms with E-state index in [0.717, 1.165) is 77.0 Å². The van der Waals surface area contributed by atoms with Crippen LogP contribution in [0.5, 0.6) is 0 Å². The van der Waals surface area contributed by atoms with E-state index in [0.29, 0.717) is 38.2 Å². The fourth-order valence-electron chi connectivity index (χ4n) is 6.90. The maximum absolute atomic E-state index is 15.2. The average Bonchev–Trinajstić information content (AvgIpc) is 3.46. The summed E-state index contributed by atoms with van der Waals surface area (Å²) in [5, 5.41) is 5.43. The number of halogens is 1. The second-order valence-corrected chi connectivity index (χ2v) is 20.3. The van der Waals surface area contributed by atoms with Crippen molar-refractivity contribution >= 4 is 31.2 Å². The Kier molecular flexibility index (Phi) is 10.4. The van der Waals surface area contributed by atoms with Gasteiger partial charge in [-0.2, -0.15) is 0 Å².